The third-order valence-corrected chi connectivity index (χ3v) is 3.08. The van der Waals surface area contributed by atoms with E-state index in [2.05, 4.69) is 10.3 Å². The minimum Gasteiger partial charge on any atom is -0.506 e. The lowest BCUT2D eigenvalue weighted by atomic mass is 10.3. The Balaban J connectivity index is 2.13. The molecular formula is C12H9Cl3N2O. The molecule has 18 heavy (non-hydrogen) atoms. The van der Waals surface area contributed by atoms with Crippen LogP contribution in [0.2, 0.25) is 15.1 Å². The van der Waals surface area contributed by atoms with Gasteiger partial charge >= 0.3 is 0 Å². The highest BCUT2D eigenvalue weighted by molar-refractivity contribution is 6.41. The van der Waals surface area contributed by atoms with Gasteiger partial charge in [-0.3, -0.25) is 4.98 Å². The lowest BCUT2D eigenvalue weighted by Crippen LogP contribution is -2.02. The quantitative estimate of drug-likeness (QED) is 0.885. The van der Waals surface area contributed by atoms with Crippen molar-refractivity contribution in [2.45, 2.75) is 6.54 Å². The number of aromatic hydroxyl groups is 1. The standard InChI is InChI=1S/C12H9Cl3N2O/c13-7-3-10(14)12(11(15)4-7)17-5-8-1-2-9(18)6-16-8/h1-4,6,17-18H,5H2. The van der Waals surface area contributed by atoms with Gasteiger partial charge in [0.2, 0.25) is 0 Å². The van der Waals surface area contributed by atoms with Crippen LogP contribution < -0.4 is 5.32 Å². The van der Waals surface area contributed by atoms with E-state index in [0.717, 1.165) is 5.69 Å². The van der Waals surface area contributed by atoms with Crippen LogP contribution in [0.1, 0.15) is 5.69 Å². The van der Waals surface area contributed by atoms with Crippen LogP contribution in [0.5, 0.6) is 5.75 Å². The summed E-state index contributed by atoms with van der Waals surface area (Å²) in [5, 5.41) is 13.6. The lowest BCUT2D eigenvalue weighted by Gasteiger charge is -2.10. The summed E-state index contributed by atoms with van der Waals surface area (Å²) < 4.78 is 0. The second-order valence-corrected chi connectivity index (χ2v) is 4.86. The monoisotopic (exact) mass is 302 g/mol. The van der Waals surface area contributed by atoms with Crippen molar-refractivity contribution in [1.29, 1.82) is 0 Å². The van der Waals surface area contributed by atoms with E-state index in [9.17, 15) is 0 Å². The van der Waals surface area contributed by atoms with E-state index in [4.69, 9.17) is 39.9 Å². The number of nitrogens with one attached hydrogen (secondary N) is 1. The summed E-state index contributed by atoms with van der Waals surface area (Å²) in [6.07, 6.45) is 1.38. The Bertz CT molecular complexity index is 535. The van der Waals surface area contributed by atoms with E-state index in [-0.39, 0.29) is 5.75 Å². The molecule has 0 radical (unpaired) electrons. The highest BCUT2D eigenvalue weighted by atomic mass is 35.5. The van der Waals surface area contributed by atoms with Gasteiger partial charge in [0, 0.05) is 5.02 Å². The third-order valence-electron chi connectivity index (χ3n) is 2.26. The maximum atomic E-state index is 9.12. The Kier molecular flexibility index (Phi) is 4.17. The first-order valence-corrected chi connectivity index (χ1v) is 6.22. The number of anilines is 1. The summed E-state index contributed by atoms with van der Waals surface area (Å²) in [4.78, 5) is 4.05. The normalized spacial score (nSPS) is 10.4. The molecule has 0 unspecified atom stereocenters. The van der Waals surface area contributed by atoms with Crippen molar-refractivity contribution >= 4 is 40.5 Å². The van der Waals surface area contributed by atoms with Crippen LogP contribution in [0.4, 0.5) is 5.69 Å². The fraction of sp³-hybridized carbons (Fsp3) is 0.0833. The zero-order valence-corrected chi connectivity index (χ0v) is 11.4. The zero-order valence-electron chi connectivity index (χ0n) is 9.12. The molecule has 2 rings (SSSR count). The molecule has 1 heterocycles. The molecular weight excluding hydrogens is 295 g/mol. The van der Waals surface area contributed by atoms with Crippen molar-refractivity contribution in [2.75, 3.05) is 5.32 Å². The Morgan fingerprint density at radius 1 is 1.11 bits per heavy atom. The van der Waals surface area contributed by atoms with Gasteiger partial charge in [0.15, 0.2) is 0 Å². The summed E-state index contributed by atoms with van der Waals surface area (Å²) in [5.41, 5.74) is 1.37. The second kappa shape index (κ2) is 5.65. The maximum absolute atomic E-state index is 9.12. The molecule has 0 spiro atoms. The molecule has 0 atom stereocenters. The average Bonchev–Trinajstić information content (AvgIpc) is 2.30. The zero-order chi connectivity index (χ0) is 13.1. The van der Waals surface area contributed by atoms with Crippen LogP contribution in [-0.4, -0.2) is 10.1 Å². The van der Waals surface area contributed by atoms with Crippen molar-refractivity contribution in [1.82, 2.24) is 4.98 Å². The SMILES string of the molecule is Oc1ccc(CNc2c(Cl)cc(Cl)cc2Cl)nc1. The van der Waals surface area contributed by atoms with E-state index in [1.165, 1.54) is 6.20 Å². The topological polar surface area (TPSA) is 45.1 Å². The van der Waals surface area contributed by atoms with Gasteiger partial charge < -0.3 is 10.4 Å². The molecule has 0 saturated heterocycles. The van der Waals surface area contributed by atoms with Gasteiger partial charge in [0.05, 0.1) is 34.2 Å². The van der Waals surface area contributed by atoms with Crippen LogP contribution in [0.25, 0.3) is 0 Å². The first kappa shape index (κ1) is 13.3. The molecule has 0 aliphatic rings. The first-order chi connectivity index (χ1) is 8.56. The number of nitrogens with zero attached hydrogens (tertiary/aromatic N) is 1. The summed E-state index contributed by atoms with van der Waals surface area (Å²) >= 11 is 17.9. The van der Waals surface area contributed by atoms with E-state index >= 15 is 0 Å². The van der Waals surface area contributed by atoms with Crippen LogP contribution in [0.3, 0.4) is 0 Å². The highest BCUT2D eigenvalue weighted by Crippen LogP contribution is 2.33. The van der Waals surface area contributed by atoms with Crippen LogP contribution in [0, 0.1) is 0 Å². The first-order valence-electron chi connectivity index (χ1n) is 5.08. The summed E-state index contributed by atoms with van der Waals surface area (Å²) in [6, 6.07) is 6.50. The molecule has 2 aromatic rings. The van der Waals surface area contributed by atoms with Gasteiger partial charge in [0.25, 0.3) is 0 Å². The molecule has 1 aromatic carbocycles. The molecule has 0 fully saturated rings. The van der Waals surface area contributed by atoms with Crippen molar-refractivity contribution in [3.05, 3.63) is 51.2 Å². The third kappa shape index (κ3) is 3.19. The summed E-state index contributed by atoms with van der Waals surface area (Å²) in [5.74, 6) is 0.126. The number of halogens is 3. The van der Waals surface area contributed by atoms with E-state index in [1.54, 1.807) is 24.3 Å². The van der Waals surface area contributed by atoms with Gasteiger partial charge in [0.1, 0.15) is 5.75 Å². The van der Waals surface area contributed by atoms with Crippen molar-refractivity contribution in [2.24, 2.45) is 0 Å². The molecule has 6 heteroatoms. The molecule has 0 saturated carbocycles. The van der Waals surface area contributed by atoms with E-state index in [0.29, 0.717) is 27.3 Å². The van der Waals surface area contributed by atoms with Gasteiger partial charge in [-0.1, -0.05) is 34.8 Å². The van der Waals surface area contributed by atoms with Crippen molar-refractivity contribution < 1.29 is 5.11 Å². The van der Waals surface area contributed by atoms with Crippen LogP contribution in [0.15, 0.2) is 30.5 Å². The Morgan fingerprint density at radius 2 is 1.78 bits per heavy atom. The van der Waals surface area contributed by atoms with Crippen LogP contribution >= 0.6 is 34.8 Å². The number of hydrogen-bond acceptors (Lipinski definition) is 3. The fourth-order valence-corrected chi connectivity index (χ4v) is 2.36. The Morgan fingerprint density at radius 3 is 2.33 bits per heavy atom. The molecule has 0 amide bonds. The summed E-state index contributed by atoms with van der Waals surface area (Å²) in [6.45, 7) is 0.446. The van der Waals surface area contributed by atoms with Crippen molar-refractivity contribution in [3.63, 3.8) is 0 Å². The predicted octanol–water partition coefficient (Wildman–Crippen LogP) is 4.36. The number of benzene rings is 1. The largest absolute Gasteiger partial charge is 0.506 e. The fourth-order valence-electron chi connectivity index (χ4n) is 1.41. The number of rotatable bonds is 3. The van der Waals surface area contributed by atoms with Gasteiger partial charge in [-0.2, -0.15) is 0 Å². The predicted molar refractivity (Wildman–Crippen MR) is 74.7 cm³/mol. The lowest BCUT2D eigenvalue weighted by molar-refractivity contribution is 0.472. The second-order valence-electron chi connectivity index (χ2n) is 3.61. The Hall–Kier alpha value is -1.16. The molecule has 94 valence electrons. The number of pyridine rings is 1. The smallest absolute Gasteiger partial charge is 0.133 e. The van der Waals surface area contributed by atoms with E-state index < -0.39 is 0 Å². The van der Waals surface area contributed by atoms with Crippen molar-refractivity contribution in [3.8, 4) is 5.75 Å². The molecule has 0 bridgehead atoms. The Labute approximate surface area is 119 Å². The summed E-state index contributed by atoms with van der Waals surface area (Å²) in [7, 11) is 0. The molecule has 3 nitrogen and oxygen atoms in total. The average molecular weight is 304 g/mol. The molecule has 0 aliphatic heterocycles. The van der Waals surface area contributed by atoms with Crippen LogP contribution in [-0.2, 0) is 6.54 Å². The van der Waals surface area contributed by atoms with E-state index in [1.807, 2.05) is 0 Å². The van der Waals surface area contributed by atoms with Gasteiger partial charge in [-0.25, -0.2) is 0 Å². The minimum atomic E-state index is 0.126. The molecule has 1 aromatic heterocycles. The highest BCUT2D eigenvalue weighted by Gasteiger charge is 2.07. The van der Waals surface area contributed by atoms with Gasteiger partial charge in [-0.15, -0.1) is 0 Å². The maximum Gasteiger partial charge on any atom is 0.133 e. The molecule has 2 N–H and O–H groups in total. The number of aromatic nitrogens is 1. The number of hydrogen-bond donors (Lipinski definition) is 2. The van der Waals surface area contributed by atoms with Gasteiger partial charge in [-0.05, 0) is 24.3 Å². The molecule has 0 aliphatic carbocycles. The minimum absolute atomic E-state index is 0.126.